The summed E-state index contributed by atoms with van der Waals surface area (Å²) in [6.45, 7) is 2.07. The number of rotatable bonds is 3. The summed E-state index contributed by atoms with van der Waals surface area (Å²) in [7, 11) is 0. The van der Waals surface area contributed by atoms with Crippen LogP contribution in [0.4, 0.5) is 4.79 Å². The number of amides is 2. The molecule has 0 heterocycles. The second-order valence-corrected chi connectivity index (χ2v) is 6.56. The summed E-state index contributed by atoms with van der Waals surface area (Å²) < 4.78 is 0. The quantitative estimate of drug-likeness (QED) is 0.870. The number of urea groups is 1. The highest BCUT2D eigenvalue weighted by atomic mass is 16.2. The fourth-order valence-electron chi connectivity index (χ4n) is 3.62. The third-order valence-electron chi connectivity index (χ3n) is 4.91. The molecule has 2 amide bonds. The molecule has 1 aromatic rings. The van der Waals surface area contributed by atoms with Crippen molar-refractivity contribution in [3.63, 3.8) is 0 Å². The van der Waals surface area contributed by atoms with Gasteiger partial charge in [-0.2, -0.15) is 0 Å². The van der Waals surface area contributed by atoms with Crippen LogP contribution < -0.4 is 10.6 Å². The Labute approximate surface area is 127 Å². The number of fused-ring (bicyclic) bond motifs is 1. The SMILES string of the molecule is C[C@@H](NC(=O)NC1CCCCC1)c1ccc2c(c1)CCC2. The van der Waals surface area contributed by atoms with E-state index in [1.54, 1.807) is 0 Å². The molecule has 3 heteroatoms. The van der Waals surface area contributed by atoms with E-state index in [1.165, 1.54) is 55.2 Å². The van der Waals surface area contributed by atoms with Gasteiger partial charge < -0.3 is 10.6 Å². The van der Waals surface area contributed by atoms with Gasteiger partial charge in [-0.25, -0.2) is 4.79 Å². The highest BCUT2D eigenvalue weighted by molar-refractivity contribution is 5.74. The molecule has 2 aliphatic carbocycles. The largest absolute Gasteiger partial charge is 0.335 e. The van der Waals surface area contributed by atoms with Crippen molar-refractivity contribution in [2.24, 2.45) is 0 Å². The van der Waals surface area contributed by atoms with Crippen molar-refractivity contribution < 1.29 is 4.79 Å². The van der Waals surface area contributed by atoms with Gasteiger partial charge in [-0.3, -0.25) is 0 Å². The summed E-state index contributed by atoms with van der Waals surface area (Å²) in [6, 6.07) is 7.08. The molecule has 21 heavy (non-hydrogen) atoms. The highest BCUT2D eigenvalue weighted by Crippen LogP contribution is 2.25. The van der Waals surface area contributed by atoms with Crippen LogP contribution in [0.5, 0.6) is 0 Å². The van der Waals surface area contributed by atoms with Crippen LogP contribution in [0.15, 0.2) is 18.2 Å². The molecule has 1 atom stereocenters. The molecular weight excluding hydrogens is 260 g/mol. The molecule has 0 spiro atoms. The monoisotopic (exact) mass is 286 g/mol. The van der Waals surface area contributed by atoms with Gasteiger partial charge in [0.15, 0.2) is 0 Å². The average molecular weight is 286 g/mol. The van der Waals surface area contributed by atoms with E-state index >= 15 is 0 Å². The first kappa shape index (κ1) is 14.4. The standard InChI is InChI=1S/C18H26N2O/c1-13(15-11-10-14-6-5-7-16(14)12-15)19-18(21)20-17-8-3-2-4-9-17/h10-13,17H,2-9H2,1H3,(H2,19,20,21)/t13-/m1/s1. The van der Waals surface area contributed by atoms with Crippen LogP contribution >= 0.6 is 0 Å². The van der Waals surface area contributed by atoms with E-state index in [4.69, 9.17) is 0 Å². The van der Waals surface area contributed by atoms with Crippen LogP contribution in [0.3, 0.4) is 0 Å². The maximum atomic E-state index is 12.1. The van der Waals surface area contributed by atoms with Gasteiger partial charge in [0.1, 0.15) is 0 Å². The van der Waals surface area contributed by atoms with Crippen molar-refractivity contribution >= 4 is 6.03 Å². The van der Waals surface area contributed by atoms with Crippen molar-refractivity contribution in [1.29, 1.82) is 0 Å². The molecule has 0 aromatic heterocycles. The molecule has 1 aromatic carbocycles. The lowest BCUT2D eigenvalue weighted by atomic mass is 9.96. The molecule has 0 aliphatic heterocycles. The minimum atomic E-state index is -0.0186. The van der Waals surface area contributed by atoms with Crippen molar-refractivity contribution in [2.45, 2.75) is 70.4 Å². The van der Waals surface area contributed by atoms with E-state index in [2.05, 4.69) is 35.8 Å². The molecule has 114 valence electrons. The normalized spacial score (nSPS) is 19.9. The van der Waals surface area contributed by atoms with Gasteiger partial charge in [0, 0.05) is 6.04 Å². The van der Waals surface area contributed by atoms with Crippen LogP contribution in [0.25, 0.3) is 0 Å². The second-order valence-electron chi connectivity index (χ2n) is 6.56. The fraction of sp³-hybridized carbons (Fsp3) is 0.611. The maximum Gasteiger partial charge on any atom is 0.315 e. The van der Waals surface area contributed by atoms with E-state index in [0.717, 1.165) is 12.8 Å². The van der Waals surface area contributed by atoms with Gasteiger partial charge in [0.25, 0.3) is 0 Å². The Morgan fingerprint density at radius 1 is 1.10 bits per heavy atom. The van der Waals surface area contributed by atoms with Crippen LogP contribution in [0, 0.1) is 0 Å². The smallest absolute Gasteiger partial charge is 0.315 e. The summed E-state index contributed by atoms with van der Waals surface area (Å²) in [5.41, 5.74) is 4.17. The van der Waals surface area contributed by atoms with Crippen LogP contribution in [0.2, 0.25) is 0 Å². The number of carbonyl (C=O) groups excluding carboxylic acids is 1. The lowest BCUT2D eigenvalue weighted by Crippen LogP contribution is -2.43. The van der Waals surface area contributed by atoms with E-state index in [1.807, 2.05) is 0 Å². The van der Waals surface area contributed by atoms with Crippen molar-refractivity contribution in [2.75, 3.05) is 0 Å². The summed E-state index contributed by atoms with van der Waals surface area (Å²) in [5.74, 6) is 0. The first-order valence-corrected chi connectivity index (χ1v) is 8.41. The highest BCUT2D eigenvalue weighted by Gasteiger charge is 2.18. The number of nitrogens with one attached hydrogen (secondary N) is 2. The number of benzene rings is 1. The number of hydrogen-bond acceptors (Lipinski definition) is 1. The minimum absolute atomic E-state index is 0.0186. The Bertz CT molecular complexity index is 506. The minimum Gasteiger partial charge on any atom is -0.335 e. The summed E-state index contributed by atoms with van der Waals surface area (Å²) in [6.07, 6.45) is 9.70. The van der Waals surface area contributed by atoms with Crippen molar-refractivity contribution in [3.8, 4) is 0 Å². The molecule has 0 bridgehead atoms. The van der Waals surface area contributed by atoms with E-state index < -0.39 is 0 Å². The molecule has 3 rings (SSSR count). The van der Waals surface area contributed by atoms with Crippen LogP contribution in [-0.2, 0) is 12.8 Å². The Morgan fingerprint density at radius 3 is 2.67 bits per heavy atom. The number of aryl methyl sites for hydroxylation is 2. The lowest BCUT2D eigenvalue weighted by Gasteiger charge is -2.24. The van der Waals surface area contributed by atoms with Gasteiger partial charge in [-0.1, -0.05) is 37.5 Å². The predicted molar refractivity (Wildman–Crippen MR) is 85.4 cm³/mol. The van der Waals surface area contributed by atoms with E-state index in [0.29, 0.717) is 6.04 Å². The zero-order valence-electron chi connectivity index (χ0n) is 13.0. The zero-order valence-corrected chi connectivity index (χ0v) is 13.0. The van der Waals surface area contributed by atoms with Gasteiger partial charge in [-0.05, 0) is 55.7 Å². The Balaban J connectivity index is 1.55. The Hall–Kier alpha value is -1.51. The van der Waals surface area contributed by atoms with Gasteiger partial charge >= 0.3 is 6.03 Å². The predicted octanol–water partition coefficient (Wildman–Crippen LogP) is 3.87. The molecule has 3 nitrogen and oxygen atoms in total. The second kappa shape index (κ2) is 6.50. The molecule has 2 aliphatic rings. The molecule has 2 N–H and O–H groups in total. The third-order valence-corrected chi connectivity index (χ3v) is 4.91. The van der Waals surface area contributed by atoms with Gasteiger partial charge in [0.2, 0.25) is 0 Å². The summed E-state index contributed by atoms with van der Waals surface area (Å²) in [4.78, 5) is 12.1. The Kier molecular flexibility index (Phi) is 4.47. The van der Waals surface area contributed by atoms with E-state index in [-0.39, 0.29) is 12.1 Å². The van der Waals surface area contributed by atoms with Crippen molar-refractivity contribution in [1.82, 2.24) is 10.6 Å². The summed E-state index contributed by atoms with van der Waals surface area (Å²) >= 11 is 0. The molecule has 1 saturated carbocycles. The zero-order chi connectivity index (χ0) is 14.7. The third kappa shape index (κ3) is 3.58. The van der Waals surface area contributed by atoms with Crippen LogP contribution in [-0.4, -0.2) is 12.1 Å². The Morgan fingerprint density at radius 2 is 1.86 bits per heavy atom. The molecule has 0 radical (unpaired) electrons. The van der Waals surface area contributed by atoms with E-state index in [9.17, 15) is 4.79 Å². The molecule has 0 saturated heterocycles. The number of hydrogen-bond donors (Lipinski definition) is 2. The van der Waals surface area contributed by atoms with Crippen molar-refractivity contribution in [3.05, 3.63) is 34.9 Å². The van der Waals surface area contributed by atoms with Gasteiger partial charge in [0.05, 0.1) is 6.04 Å². The first-order chi connectivity index (χ1) is 10.2. The molecule has 0 unspecified atom stereocenters. The molecular formula is C18H26N2O. The number of carbonyl (C=O) groups is 1. The first-order valence-electron chi connectivity index (χ1n) is 8.41. The maximum absolute atomic E-state index is 12.1. The van der Waals surface area contributed by atoms with Crippen LogP contribution in [0.1, 0.15) is 68.2 Å². The topological polar surface area (TPSA) is 41.1 Å². The average Bonchev–Trinajstić information content (AvgIpc) is 2.95. The lowest BCUT2D eigenvalue weighted by molar-refractivity contribution is 0.229. The fourth-order valence-corrected chi connectivity index (χ4v) is 3.62. The summed E-state index contributed by atoms with van der Waals surface area (Å²) in [5, 5.41) is 6.21. The molecule has 1 fully saturated rings. The van der Waals surface area contributed by atoms with Gasteiger partial charge in [-0.15, -0.1) is 0 Å².